The number of halogens is 1. The number of nitrogens with zero attached hydrogens (tertiary/aromatic N) is 1. The summed E-state index contributed by atoms with van der Waals surface area (Å²) in [6.07, 6.45) is 4.37. The van der Waals surface area contributed by atoms with Gasteiger partial charge >= 0.3 is 0 Å². The minimum absolute atomic E-state index is 0.0180. The van der Waals surface area contributed by atoms with E-state index in [0.717, 1.165) is 36.8 Å². The summed E-state index contributed by atoms with van der Waals surface area (Å²) in [5.41, 5.74) is 2.73. The Morgan fingerprint density at radius 3 is 2.57 bits per heavy atom. The van der Waals surface area contributed by atoms with Crippen LogP contribution < -0.4 is 5.32 Å². The Kier molecular flexibility index (Phi) is 5.99. The number of fused-ring (bicyclic) bond motifs is 1. The second kappa shape index (κ2) is 8.64. The molecule has 0 atom stereocenters. The van der Waals surface area contributed by atoms with Crippen LogP contribution in [-0.4, -0.2) is 43.0 Å². The Morgan fingerprint density at radius 2 is 1.82 bits per heavy atom. The Morgan fingerprint density at radius 1 is 1.11 bits per heavy atom. The first kappa shape index (κ1) is 19.4. The summed E-state index contributed by atoms with van der Waals surface area (Å²) in [6.45, 7) is 2.33. The predicted octanol–water partition coefficient (Wildman–Crippen LogP) is 3.93. The number of ether oxygens (including phenoxy) is 1. The summed E-state index contributed by atoms with van der Waals surface area (Å²) in [5.74, 6) is -0.0959. The summed E-state index contributed by atoms with van der Waals surface area (Å²) in [5, 5.41) is 4.36. The Labute approximate surface area is 173 Å². The van der Waals surface area contributed by atoms with Gasteiger partial charge in [0.1, 0.15) is 5.00 Å². The number of aryl methyl sites for hydroxylation is 1. The van der Waals surface area contributed by atoms with E-state index in [1.54, 1.807) is 23.5 Å². The third-order valence-corrected chi connectivity index (χ3v) is 6.67. The highest BCUT2D eigenvalue weighted by atomic mass is 35.5. The van der Waals surface area contributed by atoms with Crippen LogP contribution in [0.2, 0.25) is 5.02 Å². The summed E-state index contributed by atoms with van der Waals surface area (Å²) in [6, 6.07) is 7.26. The number of thiophene rings is 1. The van der Waals surface area contributed by atoms with Crippen molar-refractivity contribution in [3.05, 3.63) is 50.9 Å². The van der Waals surface area contributed by atoms with E-state index in [2.05, 4.69) is 5.32 Å². The fraction of sp³-hybridized carbons (Fsp3) is 0.429. The maximum atomic E-state index is 13.2. The molecule has 28 heavy (non-hydrogen) atoms. The first-order valence-electron chi connectivity index (χ1n) is 9.67. The molecule has 0 bridgehead atoms. The van der Waals surface area contributed by atoms with Gasteiger partial charge < -0.3 is 15.0 Å². The van der Waals surface area contributed by atoms with Crippen molar-refractivity contribution in [1.29, 1.82) is 0 Å². The lowest BCUT2D eigenvalue weighted by atomic mass is 9.95. The van der Waals surface area contributed by atoms with Crippen molar-refractivity contribution in [1.82, 2.24) is 4.90 Å². The van der Waals surface area contributed by atoms with E-state index in [-0.39, 0.29) is 18.2 Å². The lowest BCUT2D eigenvalue weighted by molar-refractivity contribution is -0.115. The molecule has 4 rings (SSSR count). The monoisotopic (exact) mass is 418 g/mol. The average Bonchev–Trinajstić information content (AvgIpc) is 3.07. The zero-order chi connectivity index (χ0) is 19.5. The molecule has 0 radical (unpaired) electrons. The van der Waals surface area contributed by atoms with E-state index < -0.39 is 0 Å². The zero-order valence-corrected chi connectivity index (χ0v) is 17.2. The highest BCUT2D eigenvalue weighted by Crippen LogP contribution is 2.39. The lowest BCUT2D eigenvalue weighted by Gasteiger charge is -2.27. The topological polar surface area (TPSA) is 58.6 Å². The van der Waals surface area contributed by atoms with Crippen LogP contribution in [0.4, 0.5) is 5.00 Å². The number of amides is 2. The molecule has 0 unspecified atom stereocenters. The maximum absolute atomic E-state index is 13.2. The van der Waals surface area contributed by atoms with Crippen LogP contribution in [0.25, 0.3) is 0 Å². The summed E-state index contributed by atoms with van der Waals surface area (Å²) in [7, 11) is 0. The molecule has 0 saturated carbocycles. The third-order valence-electron chi connectivity index (χ3n) is 5.21. The summed E-state index contributed by atoms with van der Waals surface area (Å²) in [4.78, 5) is 29.0. The molecule has 148 valence electrons. The fourth-order valence-electron chi connectivity index (χ4n) is 3.76. The van der Waals surface area contributed by atoms with Crippen molar-refractivity contribution in [3.63, 3.8) is 0 Å². The van der Waals surface area contributed by atoms with Gasteiger partial charge in [-0.2, -0.15) is 0 Å². The molecule has 7 heteroatoms. The van der Waals surface area contributed by atoms with E-state index in [9.17, 15) is 9.59 Å². The zero-order valence-electron chi connectivity index (χ0n) is 15.6. The van der Waals surface area contributed by atoms with Crippen molar-refractivity contribution in [2.75, 3.05) is 31.6 Å². The molecule has 2 aliphatic rings. The van der Waals surface area contributed by atoms with Crippen LogP contribution in [-0.2, 0) is 28.8 Å². The Hall–Kier alpha value is -1.89. The van der Waals surface area contributed by atoms with E-state index >= 15 is 0 Å². The highest BCUT2D eigenvalue weighted by Gasteiger charge is 2.30. The normalized spacial score (nSPS) is 16.5. The van der Waals surface area contributed by atoms with Gasteiger partial charge in [-0.3, -0.25) is 9.59 Å². The molecule has 1 aliphatic carbocycles. The van der Waals surface area contributed by atoms with Gasteiger partial charge in [-0.05, 0) is 48.9 Å². The van der Waals surface area contributed by atoms with Gasteiger partial charge in [-0.25, -0.2) is 0 Å². The molecule has 1 N–H and O–H groups in total. The second-order valence-electron chi connectivity index (χ2n) is 7.17. The van der Waals surface area contributed by atoms with Crippen LogP contribution in [0.15, 0.2) is 24.3 Å². The molecule has 1 aromatic heterocycles. The van der Waals surface area contributed by atoms with Crippen molar-refractivity contribution in [2.45, 2.75) is 32.1 Å². The molecule has 2 amide bonds. The predicted molar refractivity (Wildman–Crippen MR) is 111 cm³/mol. The molecule has 1 saturated heterocycles. The van der Waals surface area contributed by atoms with Crippen molar-refractivity contribution in [3.8, 4) is 0 Å². The first-order chi connectivity index (χ1) is 13.6. The van der Waals surface area contributed by atoms with E-state index in [1.807, 2.05) is 17.0 Å². The number of carbonyl (C=O) groups is 2. The van der Waals surface area contributed by atoms with Crippen molar-refractivity contribution >= 4 is 39.8 Å². The minimum atomic E-state index is -0.114. The van der Waals surface area contributed by atoms with Crippen LogP contribution in [0.3, 0.4) is 0 Å². The third kappa shape index (κ3) is 4.24. The first-order valence-corrected chi connectivity index (χ1v) is 10.9. The smallest absolute Gasteiger partial charge is 0.257 e. The average molecular weight is 419 g/mol. The van der Waals surface area contributed by atoms with E-state index in [0.29, 0.717) is 41.9 Å². The van der Waals surface area contributed by atoms with Crippen LogP contribution >= 0.6 is 22.9 Å². The molecule has 5 nitrogen and oxygen atoms in total. The van der Waals surface area contributed by atoms with Gasteiger partial charge in [0, 0.05) is 23.0 Å². The Balaban J connectivity index is 1.57. The quantitative estimate of drug-likeness (QED) is 0.818. The van der Waals surface area contributed by atoms with Gasteiger partial charge in [0.15, 0.2) is 0 Å². The largest absolute Gasteiger partial charge is 0.378 e. The SMILES string of the molecule is O=C(Cc1ccc(Cl)cc1)Nc1sc2c(c1C(=O)N1CCOCC1)CCCC2. The van der Waals surface area contributed by atoms with Crippen LogP contribution in [0.5, 0.6) is 0 Å². The molecule has 2 aromatic rings. The lowest BCUT2D eigenvalue weighted by Crippen LogP contribution is -2.41. The standard InChI is InChI=1S/C21H23ClN2O3S/c22-15-7-5-14(6-8-15)13-18(25)23-20-19(16-3-1-2-4-17(16)28-20)21(26)24-9-11-27-12-10-24/h5-8H,1-4,9-13H2,(H,23,25). The Bertz CT molecular complexity index is 873. The number of carbonyl (C=O) groups excluding carboxylic acids is 2. The highest BCUT2D eigenvalue weighted by molar-refractivity contribution is 7.17. The fourth-order valence-corrected chi connectivity index (χ4v) is 5.19. The van der Waals surface area contributed by atoms with Crippen LogP contribution in [0, 0.1) is 0 Å². The number of nitrogens with one attached hydrogen (secondary N) is 1. The molecular weight excluding hydrogens is 396 g/mol. The van der Waals surface area contributed by atoms with E-state index in [4.69, 9.17) is 16.3 Å². The number of anilines is 1. The second-order valence-corrected chi connectivity index (χ2v) is 8.71. The van der Waals surface area contributed by atoms with Crippen molar-refractivity contribution < 1.29 is 14.3 Å². The number of hydrogen-bond donors (Lipinski definition) is 1. The van der Waals surface area contributed by atoms with Gasteiger partial charge in [0.25, 0.3) is 5.91 Å². The molecule has 1 aromatic carbocycles. The molecule has 2 heterocycles. The number of rotatable bonds is 4. The van der Waals surface area contributed by atoms with Crippen molar-refractivity contribution in [2.24, 2.45) is 0 Å². The van der Waals surface area contributed by atoms with Gasteiger partial charge in [0.2, 0.25) is 5.91 Å². The summed E-state index contributed by atoms with van der Waals surface area (Å²) < 4.78 is 5.38. The van der Waals surface area contributed by atoms with Gasteiger partial charge in [-0.1, -0.05) is 23.7 Å². The van der Waals surface area contributed by atoms with Gasteiger partial charge in [0.05, 0.1) is 25.2 Å². The van der Waals surface area contributed by atoms with E-state index in [1.165, 1.54) is 4.88 Å². The molecule has 0 spiro atoms. The molecule has 1 aliphatic heterocycles. The minimum Gasteiger partial charge on any atom is -0.378 e. The van der Waals surface area contributed by atoms with Gasteiger partial charge in [-0.15, -0.1) is 11.3 Å². The summed E-state index contributed by atoms with van der Waals surface area (Å²) >= 11 is 7.48. The number of hydrogen-bond acceptors (Lipinski definition) is 4. The maximum Gasteiger partial charge on any atom is 0.257 e. The van der Waals surface area contributed by atoms with Crippen LogP contribution in [0.1, 0.15) is 39.2 Å². The molecule has 1 fully saturated rings. The number of morpholine rings is 1. The number of benzene rings is 1. The molecular formula is C21H23ClN2O3S.